The van der Waals surface area contributed by atoms with Crippen LogP contribution in [0.3, 0.4) is 0 Å². The average Bonchev–Trinajstić information content (AvgIpc) is 2.60. The first-order valence-corrected chi connectivity index (χ1v) is 8.78. The Kier molecular flexibility index (Phi) is 18.2. The summed E-state index contributed by atoms with van der Waals surface area (Å²) in [7, 11) is 0. The van der Waals surface area contributed by atoms with Crippen LogP contribution in [0.25, 0.3) is 0 Å². The summed E-state index contributed by atoms with van der Waals surface area (Å²) in [5.74, 6) is -0.276. The summed E-state index contributed by atoms with van der Waals surface area (Å²) in [5, 5.41) is 0. The molecule has 0 spiro atoms. The largest absolute Gasteiger partial charge is 0.466 e. The molecule has 1 rings (SSSR count). The Morgan fingerprint density at radius 2 is 1.52 bits per heavy atom. The van der Waals surface area contributed by atoms with Gasteiger partial charge in [-0.25, -0.2) is 0 Å². The lowest BCUT2D eigenvalue weighted by atomic mass is 10.2. The van der Waals surface area contributed by atoms with Gasteiger partial charge >= 0.3 is 11.9 Å². The fourth-order valence-electron chi connectivity index (χ4n) is 1.55. The van der Waals surface area contributed by atoms with Gasteiger partial charge in [0.05, 0.1) is 6.61 Å². The molecule has 0 aliphatic carbocycles. The number of ether oxygens (including phenoxy) is 2. The van der Waals surface area contributed by atoms with E-state index in [1.54, 1.807) is 0 Å². The zero-order valence-electron chi connectivity index (χ0n) is 16.2. The van der Waals surface area contributed by atoms with Crippen LogP contribution in [0, 0.1) is 0 Å². The highest BCUT2D eigenvalue weighted by Crippen LogP contribution is 2.02. The fraction of sp³-hybridized carbons (Fsp3) is 0.550. The molecule has 1 aromatic carbocycles. The summed E-state index contributed by atoms with van der Waals surface area (Å²) in [6, 6.07) is 9.70. The molecule has 0 saturated heterocycles. The fourth-order valence-corrected chi connectivity index (χ4v) is 1.55. The number of carbonyl (C=O) groups is 3. The Balaban J connectivity index is 0. The highest BCUT2D eigenvalue weighted by molar-refractivity contribution is 5.75. The van der Waals surface area contributed by atoms with E-state index in [9.17, 15) is 14.4 Å². The predicted molar refractivity (Wildman–Crippen MR) is 99.0 cm³/mol. The molecular formula is C20H32O5. The van der Waals surface area contributed by atoms with E-state index in [4.69, 9.17) is 4.74 Å². The van der Waals surface area contributed by atoms with Gasteiger partial charge in [0, 0.05) is 19.8 Å². The molecule has 5 heteroatoms. The van der Waals surface area contributed by atoms with E-state index < -0.39 is 0 Å². The molecule has 0 unspecified atom stereocenters. The minimum atomic E-state index is -0.288. The minimum Gasteiger partial charge on any atom is -0.466 e. The van der Waals surface area contributed by atoms with Crippen molar-refractivity contribution < 1.29 is 23.9 Å². The van der Waals surface area contributed by atoms with E-state index >= 15 is 0 Å². The summed E-state index contributed by atoms with van der Waals surface area (Å²) >= 11 is 0. The molecule has 0 N–H and O–H groups in total. The zero-order chi connectivity index (χ0) is 19.5. The summed E-state index contributed by atoms with van der Waals surface area (Å²) in [6.45, 7) is 9.58. The van der Waals surface area contributed by atoms with Crippen molar-refractivity contribution in [2.75, 3.05) is 6.61 Å². The second-order valence-electron chi connectivity index (χ2n) is 5.04. The Labute approximate surface area is 151 Å². The maximum absolute atomic E-state index is 11.0. The molecule has 0 saturated carbocycles. The van der Waals surface area contributed by atoms with Crippen molar-refractivity contribution in [3.8, 4) is 0 Å². The number of rotatable bonds is 8. The highest BCUT2D eigenvalue weighted by Gasteiger charge is 2.00. The molecule has 0 amide bonds. The van der Waals surface area contributed by atoms with Crippen molar-refractivity contribution in [3.63, 3.8) is 0 Å². The second-order valence-corrected chi connectivity index (χ2v) is 5.04. The third-order valence-electron chi connectivity index (χ3n) is 2.68. The zero-order valence-corrected chi connectivity index (χ0v) is 16.2. The van der Waals surface area contributed by atoms with Crippen LogP contribution in [0.5, 0.6) is 0 Å². The van der Waals surface area contributed by atoms with Crippen LogP contribution in [0.2, 0.25) is 0 Å². The van der Waals surface area contributed by atoms with Gasteiger partial charge in [-0.1, -0.05) is 51.1 Å². The molecule has 0 aliphatic rings. The molecule has 25 heavy (non-hydrogen) atoms. The van der Waals surface area contributed by atoms with E-state index in [0.717, 1.165) is 12.0 Å². The summed E-state index contributed by atoms with van der Waals surface area (Å²) in [4.78, 5) is 31.5. The van der Waals surface area contributed by atoms with Gasteiger partial charge in [-0.3, -0.25) is 9.59 Å². The van der Waals surface area contributed by atoms with Crippen LogP contribution < -0.4 is 0 Å². The predicted octanol–water partition coefficient (Wildman–Crippen LogP) is 4.47. The van der Waals surface area contributed by atoms with E-state index in [-0.39, 0.29) is 17.7 Å². The van der Waals surface area contributed by atoms with E-state index in [0.29, 0.717) is 32.5 Å². The lowest BCUT2D eigenvalue weighted by Crippen LogP contribution is -2.03. The molecule has 0 aliphatic heterocycles. The van der Waals surface area contributed by atoms with Gasteiger partial charge in [0.25, 0.3) is 0 Å². The van der Waals surface area contributed by atoms with Gasteiger partial charge in [0.2, 0.25) is 0 Å². The quantitative estimate of drug-likeness (QED) is 0.510. The molecule has 0 fully saturated rings. The molecule has 0 aromatic heterocycles. The number of carbonyl (C=O) groups excluding carboxylic acids is 3. The molecule has 5 nitrogen and oxygen atoms in total. The maximum Gasteiger partial charge on any atom is 0.306 e. The Morgan fingerprint density at radius 1 is 0.920 bits per heavy atom. The second kappa shape index (κ2) is 18.2. The smallest absolute Gasteiger partial charge is 0.306 e. The first-order valence-electron chi connectivity index (χ1n) is 8.78. The lowest BCUT2D eigenvalue weighted by Gasteiger charge is -2.02. The van der Waals surface area contributed by atoms with Crippen molar-refractivity contribution in [2.24, 2.45) is 0 Å². The van der Waals surface area contributed by atoms with Crippen LogP contribution in [0.1, 0.15) is 65.9 Å². The number of hydrogen-bond acceptors (Lipinski definition) is 5. The van der Waals surface area contributed by atoms with Gasteiger partial charge in [-0.05, 0) is 25.3 Å². The van der Waals surface area contributed by atoms with Crippen molar-refractivity contribution in [1.29, 1.82) is 0 Å². The monoisotopic (exact) mass is 352 g/mol. The van der Waals surface area contributed by atoms with Crippen LogP contribution in [0.4, 0.5) is 0 Å². The minimum absolute atomic E-state index is 0.119. The third-order valence-corrected chi connectivity index (χ3v) is 2.68. The third kappa shape index (κ3) is 19.8. The molecule has 0 bridgehead atoms. The summed E-state index contributed by atoms with van der Waals surface area (Å²) in [6.07, 6.45) is 2.47. The van der Waals surface area contributed by atoms with Crippen LogP contribution in [0.15, 0.2) is 30.3 Å². The highest BCUT2D eigenvalue weighted by atomic mass is 16.5. The van der Waals surface area contributed by atoms with Crippen molar-refractivity contribution >= 4 is 17.7 Å². The maximum atomic E-state index is 11.0. The number of ketones is 1. The van der Waals surface area contributed by atoms with Crippen LogP contribution in [-0.2, 0) is 30.5 Å². The topological polar surface area (TPSA) is 69.7 Å². The summed E-state index contributed by atoms with van der Waals surface area (Å²) in [5.41, 5.74) is 1.03. The van der Waals surface area contributed by atoms with Crippen LogP contribution >= 0.6 is 0 Å². The van der Waals surface area contributed by atoms with Crippen molar-refractivity contribution in [3.05, 3.63) is 35.9 Å². The van der Waals surface area contributed by atoms with E-state index in [1.807, 2.05) is 51.1 Å². The van der Waals surface area contributed by atoms with Gasteiger partial charge in [0.1, 0.15) is 12.4 Å². The Hall–Kier alpha value is -2.17. The number of benzene rings is 1. The molecule has 0 atom stereocenters. The normalized spacial score (nSPS) is 8.84. The van der Waals surface area contributed by atoms with Crippen LogP contribution in [-0.4, -0.2) is 24.3 Å². The number of esters is 2. The van der Waals surface area contributed by atoms with E-state index in [1.165, 1.54) is 13.8 Å². The molecule has 0 radical (unpaired) electrons. The molecule has 142 valence electrons. The van der Waals surface area contributed by atoms with E-state index in [2.05, 4.69) is 4.74 Å². The molecule has 1 aromatic rings. The lowest BCUT2D eigenvalue weighted by molar-refractivity contribution is -0.145. The molecule has 0 heterocycles. The first kappa shape index (κ1) is 25.1. The number of Topliss-reactive ketones (excluding diaryl/α,β-unsaturated/α-hetero) is 1. The standard InChI is InChI=1S/C11H14O2.C7H12O3.C2H6/c1-2-6-11(12)13-9-10-7-4-3-5-8-10;1-6(8)4-3-5-10-7(2)9;1-2/h3-5,7-8H,2,6,9H2,1H3;3-5H2,1-2H3;1-2H3. The van der Waals surface area contributed by atoms with Gasteiger partial charge in [0.15, 0.2) is 0 Å². The van der Waals surface area contributed by atoms with Gasteiger partial charge < -0.3 is 14.3 Å². The molecular weight excluding hydrogens is 320 g/mol. The average molecular weight is 352 g/mol. The van der Waals surface area contributed by atoms with Crippen molar-refractivity contribution in [1.82, 2.24) is 0 Å². The Morgan fingerprint density at radius 3 is 2.00 bits per heavy atom. The van der Waals surface area contributed by atoms with Crippen molar-refractivity contribution in [2.45, 2.75) is 66.9 Å². The Bertz CT molecular complexity index is 452. The summed E-state index contributed by atoms with van der Waals surface area (Å²) < 4.78 is 9.63. The first-order chi connectivity index (χ1) is 12.0. The number of hydrogen-bond donors (Lipinski definition) is 0. The SMILES string of the molecule is CC.CC(=O)CCCOC(C)=O.CCCC(=O)OCc1ccccc1. The van der Waals surface area contributed by atoms with Gasteiger partial charge in [-0.2, -0.15) is 0 Å². The van der Waals surface area contributed by atoms with Gasteiger partial charge in [-0.15, -0.1) is 0 Å².